The number of thiophene rings is 1. The lowest BCUT2D eigenvalue weighted by Gasteiger charge is -2.25. The van der Waals surface area contributed by atoms with Crippen molar-refractivity contribution in [3.63, 3.8) is 0 Å². The summed E-state index contributed by atoms with van der Waals surface area (Å²) in [7, 11) is 0. The molecule has 166 valence electrons. The van der Waals surface area contributed by atoms with E-state index in [2.05, 4.69) is 15.2 Å². The van der Waals surface area contributed by atoms with Crippen molar-refractivity contribution in [3.8, 4) is 0 Å². The predicted molar refractivity (Wildman–Crippen MR) is 129 cm³/mol. The third-order valence-corrected chi connectivity index (χ3v) is 7.87. The summed E-state index contributed by atoms with van der Waals surface area (Å²) in [5.41, 5.74) is 2.52. The monoisotopic (exact) mass is 469 g/mol. The first-order valence-electron chi connectivity index (χ1n) is 10.5. The molecule has 1 aliphatic rings. The highest BCUT2D eigenvalue weighted by Crippen LogP contribution is 2.31. The molecule has 8 nitrogen and oxygen atoms in total. The Morgan fingerprint density at radius 3 is 2.84 bits per heavy atom. The van der Waals surface area contributed by atoms with Crippen LogP contribution in [0.5, 0.6) is 0 Å². The number of carbonyl (C=O) groups is 1. The van der Waals surface area contributed by atoms with Gasteiger partial charge in [-0.2, -0.15) is 0 Å². The van der Waals surface area contributed by atoms with Crippen LogP contribution in [0, 0.1) is 13.8 Å². The lowest BCUT2D eigenvalue weighted by Crippen LogP contribution is -2.36. The van der Waals surface area contributed by atoms with Gasteiger partial charge < -0.3 is 15.0 Å². The van der Waals surface area contributed by atoms with E-state index in [1.54, 1.807) is 11.3 Å². The Morgan fingerprint density at radius 2 is 2.03 bits per heavy atom. The van der Waals surface area contributed by atoms with E-state index in [9.17, 15) is 9.59 Å². The Labute approximate surface area is 192 Å². The molecule has 0 atom stereocenters. The lowest BCUT2D eigenvalue weighted by atomic mass is 10.2. The maximum atomic E-state index is 12.8. The molecule has 0 unspecified atom stereocenters. The van der Waals surface area contributed by atoms with Gasteiger partial charge in [-0.3, -0.25) is 14.2 Å². The fourth-order valence-corrected chi connectivity index (χ4v) is 5.80. The molecule has 1 aliphatic heterocycles. The van der Waals surface area contributed by atoms with E-state index in [0.29, 0.717) is 18.6 Å². The summed E-state index contributed by atoms with van der Waals surface area (Å²) in [6.07, 6.45) is 1.72. The topological polar surface area (TPSA) is 89.3 Å². The Kier molecular flexibility index (Phi) is 5.66. The number of hydrogen-bond donors (Lipinski definition) is 1. The van der Waals surface area contributed by atoms with E-state index in [0.717, 1.165) is 49.4 Å². The van der Waals surface area contributed by atoms with Crippen molar-refractivity contribution < 1.29 is 9.53 Å². The van der Waals surface area contributed by atoms with Crippen LogP contribution in [0.4, 0.5) is 10.8 Å². The SMILES string of the molecule is Cc1sc2ncn(CCC(=O)Nc3ccc4nc(N5CCOCC5)sc4c3)c(=O)c2c1C. The van der Waals surface area contributed by atoms with Crippen LogP contribution in [0.2, 0.25) is 0 Å². The highest BCUT2D eigenvalue weighted by Gasteiger charge is 2.16. The normalized spacial score (nSPS) is 14.4. The minimum atomic E-state index is -0.146. The van der Waals surface area contributed by atoms with Gasteiger partial charge in [0.2, 0.25) is 5.91 Å². The number of nitrogens with one attached hydrogen (secondary N) is 1. The van der Waals surface area contributed by atoms with Crippen LogP contribution < -0.4 is 15.8 Å². The van der Waals surface area contributed by atoms with Gasteiger partial charge in [0, 0.05) is 36.6 Å². The summed E-state index contributed by atoms with van der Waals surface area (Å²) in [4.78, 5) is 38.5. The molecule has 4 heterocycles. The second-order valence-corrected chi connectivity index (χ2v) is 10.00. The average molecular weight is 470 g/mol. The standard InChI is InChI=1S/C22H23N5O3S2/c1-13-14(2)31-20-19(13)21(29)27(12-23-20)6-5-18(28)24-15-3-4-16-17(11-15)32-22(25-16)26-7-9-30-10-8-26/h3-4,11-12H,5-10H2,1-2H3,(H,24,28). The zero-order valence-electron chi connectivity index (χ0n) is 17.9. The number of morpholine rings is 1. The third kappa shape index (κ3) is 4.01. The molecule has 4 aromatic rings. The number of ether oxygens (including phenoxy) is 1. The summed E-state index contributed by atoms with van der Waals surface area (Å²) < 4.78 is 7.95. The maximum absolute atomic E-state index is 12.8. The fraction of sp³-hybridized carbons (Fsp3) is 0.364. The predicted octanol–water partition coefficient (Wildman–Crippen LogP) is 3.55. The minimum absolute atomic E-state index is 0.0913. The van der Waals surface area contributed by atoms with Crippen LogP contribution in [0.15, 0.2) is 29.3 Å². The summed E-state index contributed by atoms with van der Waals surface area (Å²) in [5, 5.41) is 4.57. The molecule has 10 heteroatoms. The van der Waals surface area contributed by atoms with E-state index >= 15 is 0 Å². The zero-order valence-corrected chi connectivity index (χ0v) is 19.5. The molecule has 32 heavy (non-hydrogen) atoms. The van der Waals surface area contributed by atoms with E-state index < -0.39 is 0 Å². The number of thiazole rings is 1. The van der Waals surface area contributed by atoms with Gasteiger partial charge in [0.1, 0.15) is 4.83 Å². The van der Waals surface area contributed by atoms with Gasteiger partial charge in [0.25, 0.3) is 5.56 Å². The molecule has 0 radical (unpaired) electrons. The van der Waals surface area contributed by atoms with Gasteiger partial charge in [0.15, 0.2) is 5.13 Å². The molecule has 0 aliphatic carbocycles. The molecule has 0 bridgehead atoms. The minimum Gasteiger partial charge on any atom is -0.378 e. The van der Waals surface area contributed by atoms with E-state index in [1.807, 2.05) is 32.0 Å². The summed E-state index contributed by atoms with van der Waals surface area (Å²) in [5.74, 6) is -0.146. The number of anilines is 2. The number of amides is 1. The number of carbonyl (C=O) groups excluding carboxylic acids is 1. The third-order valence-electron chi connectivity index (χ3n) is 5.68. The van der Waals surface area contributed by atoms with Crippen molar-refractivity contribution in [2.45, 2.75) is 26.8 Å². The van der Waals surface area contributed by atoms with Gasteiger partial charge >= 0.3 is 0 Å². The van der Waals surface area contributed by atoms with Crippen LogP contribution in [-0.2, 0) is 16.1 Å². The van der Waals surface area contributed by atoms with Crippen LogP contribution in [0.25, 0.3) is 20.4 Å². The number of fused-ring (bicyclic) bond motifs is 2. The molecule has 5 rings (SSSR count). The van der Waals surface area contributed by atoms with Crippen LogP contribution in [0.1, 0.15) is 16.9 Å². The van der Waals surface area contributed by atoms with Crippen molar-refractivity contribution in [1.29, 1.82) is 0 Å². The number of rotatable bonds is 5. The Balaban J connectivity index is 1.27. The molecule has 1 N–H and O–H groups in total. The van der Waals surface area contributed by atoms with Crippen molar-refractivity contribution in [3.05, 3.63) is 45.3 Å². The molecular formula is C22H23N5O3S2. The van der Waals surface area contributed by atoms with Crippen molar-refractivity contribution >= 4 is 59.8 Å². The average Bonchev–Trinajstić information content (AvgIpc) is 3.34. The fourth-order valence-electron chi connectivity index (χ4n) is 3.75. The molecule has 1 fully saturated rings. The maximum Gasteiger partial charge on any atom is 0.262 e. The molecule has 1 aromatic carbocycles. The summed E-state index contributed by atoms with van der Waals surface area (Å²) in [6.45, 7) is 7.33. The molecule has 3 aromatic heterocycles. The van der Waals surface area contributed by atoms with Crippen molar-refractivity contribution in [2.75, 3.05) is 36.5 Å². The second-order valence-electron chi connectivity index (χ2n) is 7.78. The number of benzene rings is 1. The smallest absolute Gasteiger partial charge is 0.262 e. The van der Waals surface area contributed by atoms with E-state index in [1.165, 1.54) is 22.2 Å². The van der Waals surface area contributed by atoms with Gasteiger partial charge in [-0.1, -0.05) is 11.3 Å². The largest absolute Gasteiger partial charge is 0.378 e. The number of hydrogen-bond acceptors (Lipinski definition) is 8. The second kappa shape index (κ2) is 8.61. The summed E-state index contributed by atoms with van der Waals surface area (Å²) in [6, 6.07) is 5.74. The first-order chi connectivity index (χ1) is 15.5. The Hall–Kier alpha value is -2.82. The highest BCUT2D eigenvalue weighted by molar-refractivity contribution is 7.22. The van der Waals surface area contributed by atoms with Crippen molar-refractivity contribution in [1.82, 2.24) is 14.5 Å². The molecular weight excluding hydrogens is 446 g/mol. The van der Waals surface area contributed by atoms with Gasteiger partial charge in [-0.15, -0.1) is 11.3 Å². The van der Waals surface area contributed by atoms with Gasteiger partial charge in [0.05, 0.1) is 35.1 Å². The molecule has 0 spiro atoms. The molecule has 1 amide bonds. The number of aryl methyl sites for hydroxylation is 3. The number of nitrogens with zero attached hydrogens (tertiary/aromatic N) is 4. The Morgan fingerprint density at radius 1 is 1.22 bits per heavy atom. The molecule has 1 saturated heterocycles. The van der Waals surface area contributed by atoms with E-state index in [-0.39, 0.29) is 24.4 Å². The van der Waals surface area contributed by atoms with Crippen LogP contribution in [-0.4, -0.2) is 46.7 Å². The lowest BCUT2D eigenvalue weighted by molar-refractivity contribution is -0.116. The number of aromatic nitrogens is 3. The van der Waals surface area contributed by atoms with Crippen molar-refractivity contribution in [2.24, 2.45) is 0 Å². The van der Waals surface area contributed by atoms with Gasteiger partial charge in [-0.25, -0.2) is 9.97 Å². The quantitative estimate of drug-likeness (QED) is 0.481. The first-order valence-corrected chi connectivity index (χ1v) is 12.1. The van der Waals surface area contributed by atoms with Crippen LogP contribution in [0.3, 0.4) is 0 Å². The highest BCUT2D eigenvalue weighted by atomic mass is 32.1. The summed E-state index contributed by atoms with van der Waals surface area (Å²) >= 11 is 3.14. The Bertz CT molecular complexity index is 1370. The van der Waals surface area contributed by atoms with Crippen LogP contribution >= 0.6 is 22.7 Å². The van der Waals surface area contributed by atoms with E-state index in [4.69, 9.17) is 9.72 Å². The first kappa shape index (κ1) is 21.0. The zero-order chi connectivity index (χ0) is 22.2. The van der Waals surface area contributed by atoms with Gasteiger partial charge in [-0.05, 0) is 37.6 Å². The molecule has 0 saturated carbocycles.